The Balaban J connectivity index is 2.25. The molecule has 98 valence electrons. The second-order valence-electron chi connectivity index (χ2n) is 4.40. The number of carbonyl (C=O) groups excluding carboxylic acids is 1. The molecule has 1 amide bonds. The molecule has 2 aromatic rings. The summed E-state index contributed by atoms with van der Waals surface area (Å²) >= 11 is 3.37. The first kappa shape index (κ1) is 13.7. The lowest BCUT2D eigenvalue weighted by atomic mass is 10.1. The molecule has 0 radical (unpaired) electrons. The van der Waals surface area contributed by atoms with Crippen LogP contribution in [0, 0.1) is 19.7 Å². The highest BCUT2D eigenvalue weighted by molar-refractivity contribution is 9.10. The number of amides is 1. The second-order valence-corrected chi connectivity index (χ2v) is 5.25. The van der Waals surface area contributed by atoms with E-state index in [0.717, 1.165) is 10.0 Å². The molecule has 0 spiro atoms. The zero-order valence-corrected chi connectivity index (χ0v) is 12.2. The highest BCUT2D eigenvalue weighted by Gasteiger charge is 2.11. The van der Waals surface area contributed by atoms with Crippen LogP contribution in [0.5, 0.6) is 0 Å². The summed E-state index contributed by atoms with van der Waals surface area (Å²) in [6.45, 7) is 3.71. The van der Waals surface area contributed by atoms with Gasteiger partial charge in [-0.25, -0.2) is 4.39 Å². The average molecular weight is 322 g/mol. The first-order valence-corrected chi connectivity index (χ1v) is 6.60. The van der Waals surface area contributed by atoms with Crippen LogP contribution in [0.25, 0.3) is 0 Å². The van der Waals surface area contributed by atoms with Crippen LogP contribution < -0.4 is 5.32 Å². The lowest BCUT2D eigenvalue weighted by Crippen LogP contribution is -2.13. The molecule has 19 heavy (non-hydrogen) atoms. The molecule has 0 fully saturated rings. The molecule has 0 aliphatic carbocycles. The van der Waals surface area contributed by atoms with Gasteiger partial charge in [0.2, 0.25) is 0 Å². The number of hydrogen-bond donors (Lipinski definition) is 1. The first-order chi connectivity index (χ1) is 8.97. The molecular weight excluding hydrogens is 309 g/mol. The summed E-state index contributed by atoms with van der Waals surface area (Å²) in [6, 6.07) is 9.79. The lowest BCUT2D eigenvalue weighted by Gasteiger charge is -2.10. The Hall–Kier alpha value is -1.68. The van der Waals surface area contributed by atoms with Crippen LogP contribution in [0.4, 0.5) is 10.1 Å². The van der Waals surface area contributed by atoms with Gasteiger partial charge in [-0.1, -0.05) is 6.07 Å². The summed E-state index contributed by atoms with van der Waals surface area (Å²) in [4.78, 5) is 12.1. The Kier molecular flexibility index (Phi) is 4.00. The van der Waals surface area contributed by atoms with Crippen LogP contribution in [0.3, 0.4) is 0 Å². The van der Waals surface area contributed by atoms with E-state index in [1.807, 2.05) is 19.1 Å². The van der Waals surface area contributed by atoms with Gasteiger partial charge in [0.05, 0.1) is 5.56 Å². The minimum absolute atomic E-state index is 0.221. The minimum atomic E-state index is -0.313. The van der Waals surface area contributed by atoms with Gasteiger partial charge < -0.3 is 5.32 Å². The molecule has 0 aliphatic rings. The number of hydrogen-bond acceptors (Lipinski definition) is 1. The summed E-state index contributed by atoms with van der Waals surface area (Å²) in [5, 5.41) is 2.78. The topological polar surface area (TPSA) is 29.1 Å². The highest BCUT2D eigenvalue weighted by atomic mass is 79.9. The molecule has 1 N–H and O–H groups in total. The number of aryl methyl sites for hydroxylation is 2. The van der Waals surface area contributed by atoms with Crippen molar-refractivity contribution in [2.75, 3.05) is 5.32 Å². The molecule has 0 saturated carbocycles. The van der Waals surface area contributed by atoms with Gasteiger partial charge in [-0.3, -0.25) is 4.79 Å². The number of anilines is 1. The van der Waals surface area contributed by atoms with E-state index in [4.69, 9.17) is 0 Å². The summed E-state index contributed by atoms with van der Waals surface area (Å²) in [7, 11) is 0. The van der Waals surface area contributed by atoms with E-state index in [-0.39, 0.29) is 11.7 Å². The fraction of sp³-hybridized carbons (Fsp3) is 0.133. The summed E-state index contributed by atoms with van der Waals surface area (Å²) < 4.78 is 13.7. The molecule has 0 unspecified atom stereocenters. The monoisotopic (exact) mass is 321 g/mol. The molecule has 0 aliphatic heterocycles. The van der Waals surface area contributed by atoms with Crippen molar-refractivity contribution in [3.8, 4) is 0 Å². The third-order valence-corrected chi connectivity index (χ3v) is 3.46. The fourth-order valence-corrected chi connectivity index (χ4v) is 2.43. The van der Waals surface area contributed by atoms with Gasteiger partial charge in [0.15, 0.2) is 0 Å². The van der Waals surface area contributed by atoms with Crippen LogP contribution in [-0.2, 0) is 0 Å². The van der Waals surface area contributed by atoms with Gasteiger partial charge >= 0.3 is 0 Å². The minimum Gasteiger partial charge on any atom is -0.322 e. The van der Waals surface area contributed by atoms with Crippen molar-refractivity contribution in [3.63, 3.8) is 0 Å². The van der Waals surface area contributed by atoms with E-state index < -0.39 is 0 Å². The molecule has 0 aromatic heterocycles. The van der Waals surface area contributed by atoms with Crippen molar-refractivity contribution in [2.24, 2.45) is 0 Å². The molecule has 4 heteroatoms. The predicted octanol–water partition coefficient (Wildman–Crippen LogP) is 4.46. The van der Waals surface area contributed by atoms with E-state index in [0.29, 0.717) is 16.8 Å². The Bertz CT molecular complexity index is 640. The number of carbonyl (C=O) groups is 1. The van der Waals surface area contributed by atoms with Crippen molar-refractivity contribution in [2.45, 2.75) is 13.8 Å². The van der Waals surface area contributed by atoms with E-state index >= 15 is 0 Å². The van der Waals surface area contributed by atoms with Gasteiger partial charge in [0, 0.05) is 10.2 Å². The summed E-state index contributed by atoms with van der Waals surface area (Å²) in [6.07, 6.45) is 0. The Morgan fingerprint density at radius 3 is 2.53 bits per heavy atom. The zero-order valence-electron chi connectivity index (χ0n) is 10.6. The third kappa shape index (κ3) is 3.20. The van der Waals surface area contributed by atoms with E-state index in [9.17, 15) is 9.18 Å². The molecule has 0 atom stereocenters. The number of nitrogens with one attached hydrogen (secondary N) is 1. The van der Waals surface area contributed by atoms with E-state index in [1.165, 1.54) is 12.1 Å². The van der Waals surface area contributed by atoms with Crippen LogP contribution in [0.15, 0.2) is 40.9 Å². The number of halogens is 2. The van der Waals surface area contributed by atoms with E-state index in [1.54, 1.807) is 19.1 Å². The molecule has 2 aromatic carbocycles. The quantitative estimate of drug-likeness (QED) is 0.869. The normalized spacial score (nSPS) is 10.3. The van der Waals surface area contributed by atoms with Gasteiger partial charge in [-0.15, -0.1) is 0 Å². The van der Waals surface area contributed by atoms with Crippen LogP contribution in [-0.4, -0.2) is 5.91 Å². The Morgan fingerprint density at radius 2 is 1.89 bits per heavy atom. The van der Waals surface area contributed by atoms with Gasteiger partial charge in [0.25, 0.3) is 5.91 Å². The molecule has 0 bridgehead atoms. The Morgan fingerprint density at radius 1 is 1.16 bits per heavy atom. The maximum Gasteiger partial charge on any atom is 0.256 e. The van der Waals surface area contributed by atoms with Crippen molar-refractivity contribution < 1.29 is 9.18 Å². The summed E-state index contributed by atoms with van der Waals surface area (Å²) in [5.74, 6) is -0.534. The molecule has 0 saturated heterocycles. The lowest BCUT2D eigenvalue weighted by molar-refractivity contribution is 0.102. The van der Waals surface area contributed by atoms with Crippen molar-refractivity contribution in [1.82, 2.24) is 0 Å². The number of benzene rings is 2. The maximum atomic E-state index is 13.0. The molecule has 0 heterocycles. The first-order valence-electron chi connectivity index (χ1n) is 5.81. The molecule has 2 rings (SSSR count). The van der Waals surface area contributed by atoms with Gasteiger partial charge in [0.1, 0.15) is 5.82 Å². The van der Waals surface area contributed by atoms with E-state index in [2.05, 4.69) is 21.2 Å². The maximum absolute atomic E-state index is 13.0. The molecule has 2 nitrogen and oxygen atoms in total. The van der Waals surface area contributed by atoms with Crippen molar-refractivity contribution in [3.05, 3.63) is 63.4 Å². The Labute approximate surface area is 119 Å². The van der Waals surface area contributed by atoms with Crippen molar-refractivity contribution in [1.29, 1.82) is 0 Å². The van der Waals surface area contributed by atoms with Crippen molar-refractivity contribution >= 4 is 27.5 Å². The third-order valence-electron chi connectivity index (χ3n) is 2.81. The summed E-state index contributed by atoms with van der Waals surface area (Å²) in [5.41, 5.74) is 2.92. The van der Waals surface area contributed by atoms with Gasteiger partial charge in [-0.05, 0) is 71.2 Å². The van der Waals surface area contributed by atoms with Gasteiger partial charge in [-0.2, -0.15) is 0 Å². The molecular formula is C15H13BrFNO. The zero-order chi connectivity index (χ0) is 14.0. The van der Waals surface area contributed by atoms with Crippen LogP contribution >= 0.6 is 15.9 Å². The average Bonchev–Trinajstić information content (AvgIpc) is 2.32. The second kappa shape index (κ2) is 5.53. The number of rotatable bonds is 2. The standard InChI is InChI=1S/C15H13BrFNO/c1-9-3-5-12(13(16)7-9)15(19)18-14-6-4-11(17)8-10(14)2/h3-8H,1-2H3,(H,18,19). The largest absolute Gasteiger partial charge is 0.322 e. The highest BCUT2D eigenvalue weighted by Crippen LogP contribution is 2.21. The predicted molar refractivity (Wildman–Crippen MR) is 78.0 cm³/mol. The van der Waals surface area contributed by atoms with Crippen LogP contribution in [0.1, 0.15) is 21.5 Å². The smallest absolute Gasteiger partial charge is 0.256 e. The SMILES string of the molecule is Cc1ccc(C(=O)Nc2ccc(F)cc2C)c(Br)c1. The fourth-order valence-electron chi connectivity index (χ4n) is 1.76. The van der Waals surface area contributed by atoms with Crippen LogP contribution in [0.2, 0.25) is 0 Å².